The highest BCUT2D eigenvalue weighted by Crippen LogP contribution is 2.30. The summed E-state index contributed by atoms with van der Waals surface area (Å²) in [5, 5.41) is 10.1. The van der Waals surface area contributed by atoms with Crippen LogP contribution in [0.5, 0.6) is 0 Å². The molecule has 3 atom stereocenters. The molecule has 0 aromatic heterocycles. The summed E-state index contributed by atoms with van der Waals surface area (Å²) in [6.07, 6.45) is 4.87. The quantitative estimate of drug-likeness (QED) is 0.170. The lowest BCUT2D eigenvalue weighted by atomic mass is 9.84. The average Bonchev–Trinajstić information content (AvgIpc) is 3.08. The molecule has 4 aromatic carbocycles. The lowest BCUT2D eigenvalue weighted by molar-refractivity contribution is -0.118. The van der Waals surface area contributed by atoms with Crippen molar-refractivity contribution in [1.82, 2.24) is 10.6 Å². The number of alkyl carbamates (subject to hydrolysis) is 1. The average molecular weight is 624 g/mol. The van der Waals surface area contributed by atoms with Crippen LogP contribution in [0.1, 0.15) is 34.6 Å². The molecule has 0 radical (unpaired) electrons. The van der Waals surface area contributed by atoms with Crippen molar-refractivity contribution in [3.8, 4) is 0 Å². The summed E-state index contributed by atoms with van der Waals surface area (Å²) in [5.41, 5.74) is 4.55. The molecule has 3 unspecified atom stereocenters. The SMILES string of the molecule is COC(=O)NC(C(=O)Nc1ccccc1CCC1CNCC(C=Cc2ccc(Cl)cc2)O1)C(c1ccccc1)c1ccccc1. The van der Waals surface area contributed by atoms with Crippen LogP contribution in [0, 0.1) is 0 Å². The van der Waals surface area contributed by atoms with Gasteiger partial charge in [-0.1, -0.05) is 115 Å². The minimum absolute atomic E-state index is 0.0108. The molecule has 1 aliphatic heterocycles. The molecule has 2 amide bonds. The Morgan fingerprint density at radius 2 is 1.56 bits per heavy atom. The zero-order chi connectivity index (χ0) is 31.4. The van der Waals surface area contributed by atoms with E-state index in [0.29, 0.717) is 17.1 Å². The molecule has 1 fully saturated rings. The highest BCUT2D eigenvalue weighted by molar-refractivity contribution is 6.30. The van der Waals surface area contributed by atoms with Crippen LogP contribution >= 0.6 is 11.6 Å². The summed E-state index contributed by atoms with van der Waals surface area (Å²) in [6, 6.07) is 33.9. The van der Waals surface area contributed by atoms with Gasteiger partial charge in [-0.2, -0.15) is 0 Å². The minimum atomic E-state index is -0.936. The van der Waals surface area contributed by atoms with Gasteiger partial charge in [0.15, 0.2) is 0 Å². The van der Waals surface area contributed by atoms with E-state index in [2.05, 4.69) is 22.0 Å². The van der Waals surface area contributed by atoms with Crippen molar-refractivity contribution in [2.45, 2.75) is 37.0 Å². The Labute approximate surface area is 269 Å². The summed E-state index contributed by atoms with van der Waals surface area (Å²) in [4.78, 5) is 26.5. The molecule has 7 nitrogen and oxygen atoms in total. The molecule has 1 heterocycles. The van der Waals surface area contributed by atoms with Gasteiger partial charge in [-0.15, -0.1) is 0 Å². The van der Waals surface area contributed by atoms with Crippen molar-refractivity contribution in [3.63, 3.8) is 0 Å². The molecule has 5 rings (SSSR count). The minimum Gasteiger partial charge on any atom is -0.453 e. The number of carbonyl (C=O) groups excluding carboxylic acids is 2. The Morgan fingerprint density at radius 3 is 2.22 bits per heavy atom. The van der Waals surface area contributed by atoms with E-state index in [1.54, 1.807) is 0 Å². The van der Waals surface area contributed by atoms with Gasteiger partial charge in [-0.05, 0) is 53.3 Å². The number of hydrogen-bond donors (Lipinski definition) is 3. The number of para-hydroxylation sites is 1. The second-order valence-corrected chi connectivity index (χ2v) is 11.4. The van der Waals surface area contributed by atoms with E-state index < -0.39 is 18.1 Å². The molecule has 232 valence electrons. The third kappa shape index (κ3) is 9.05. The molecule has 1 aliphatic rings. The van der Waals surface area contributed by atoms with Gasteiger partial charge in [0, 0.05) is 29.7 Å². The van der Waals surface area contributed by atoms with Crippen molar-refractivity contribution in [2.75, 3.05) is 25.5 Å². The summed E-state index contributed by atoms with van der Waals surface area (Å²) < 4.78 is 11.3. The Kier molecular flexibility index (Phi) is 11.4. The highest BCUT2D eigenvalue weighted by atomic mass is 35.5. The maximum atomic E-state index is 14.0. The number of aryl methyl sites for hydroxylation is 1. The molecular weight excluding hydrogens is 586 g/mol. The number of carbonyl (C=O) groups is 2. The van der Waals surface area contributed by atoms with E-state index >= 15 is 0 Å². The second-order valence-electron chi connectivity index (χ2n) is 11.0. The smallest absolute Gasteiger partial charge is 0.407 e. The van der Waals surface area contributed by atoms with Gasteiger partial charge in [-0.25, -0.2) is 4.79 Å². The van der Waals surface area contributed by atoms with E-state index in [1.165, 1.54) is 7.11 Å². The topological polar surface area (TPSA) is 88.7 Å². The fraction of sp³-hybridized carbons (Fsp3) is 0.243. The van der Waals surface area contributed by atoms with Gasteiger partial charge in [0.25, 0.3) is 0 Å². The number of rotatable bonds is 11. The number of morpholine rings is 1. The Balaban J connectivity index is 1.29. The van der Waals surface area contributed by atoms with Crippen LogP contribution in [0.2, 0.25) is 5.02 Å². The zero-order valence-electron chi connectivity index (χ0n) is 25.2. The molecule has 0 aliphatic carbocycles. The maximum Gasteiger partial charge on any atom is 0.407 e. The van der Waals surface area contributed by atoms with Crippen LogP contribution in [-0.4, -0.2) is 50.4 Å². The number of benzene rings is 4. The van der Waals surface area contributed by atoms with Gasteiger partial charge in [0.05, 0.1) is 19.3 Å². The van der Waals surface area contributed by atoms with Gasteiger partial charge >= 0.3 is 6.09 Å². The van der Waals surface area contributed by atoms with Crippen molar-refractivity contribution < 1.29 is 19.1 Å². The summed E-state index contributed by atoms with van der Waals surface area (Å²) in [6.45, 7) is 1.49. The van der Waals surface area contributed by atoms with Crippen LogP contribution in [0.4, 0.5) is 10.5 Å². The number of halogens is 1. The van der Waals surface area contributed by atoms with Crippen molar-refractivity contribution >= 4 is 35.4 Å². The molecule has 0 bridgehead atoms. The normalized spacial score (nSPS) is 17.1. The fourth-order valence-electron chi connectivity index (χ4n) is 5.58. The lowest BCUT2D eigenvalue weighted by Crippen LogP contribution is -2.48. The maximum absolute atomic E-state index is 14.0. The number of amides is 2. The van der Waals surface area contributed by atoms with Gasteiger partial charge in [-0.3, -0.25) is 4.79 Å². The number of hydrogen-bond acceptors (Lipinski definition) is 5. The van der Waals surface area contributed by atoms with Gasteiger partial charge < -0.3 is 25.4 Å². The Morgan fingerprint density at radius 1 is 0.911 bits per heavy atom. The van der Waals surface area contributed by atoms with E-state index in [9.17, 15) is 9.59 Å². The third-order valence-corrected chi connectivity index (χ3v) is 8.11. The highest BCUT2D eigenvalue weighted by Gasteiger charge is 2.33. The molecule has 45 heavy (non-hydrogen) atoms. The summed E-state index contributed by atoms with van der Waals surface area (Å²) >= 11 is 6.01. The largest absolute Gasteiger partial charge is 0.453 e. The Hall–Kier alpha value is -4.43. The van der Waals surface area contributed by atoms with E-state index in [0.717, 1.165) is 41.8 Å². The van der Waals surface area contributed by atoms with Crippen molar-refractivity contribution in [3.05, 3.63) is 143 Å². The molecule has 1 saturated heterocycles. The van der Waals surface area contributed by atoms with Crippen molar-refractivity contribution in [1.29, 1.82) is 0 Å². The van der Waals surface area contributed by atoms with Crippen LogP contribution in [0.3, 0.4) is 0 Å². The summed E-state index contributed by atoms with van der Waals surface area (Å²) in [7, 11) is 1.29. The molecule has 3 N–H and O–H groups in total. The van der Waals surface area contributed by atoms with Crippen LogP contribution in [0.15, 0.2) is 115 Å². The number of nitrogens with one attached hydrogen (secondary N) is 3. The molecular formula is C37H38ClN3O4. The van der Waals surface area contributed by atoms with Gasteiger partial charge in [0.1, 0.15) is 6.04 Å². The summed E-state index contributed by atoms with van der Waals surface area (Å²) in [5.74, 6) is -0.785. The van der Waals surface area contributed by atoms with Crippen LogP contribution < -0.4 is 16.0 Å². The number of ether oxygens (including phenoxy) is 2. The Bertz CT molecular complexity index is 1520. The van der Waals surface area contributed by atoms with E-state index in [4.69, 9.17) is 21.1 Å². The van der Waals surface area contributed by atoms with Crippen LogP contribution in [-0.2, 0) is 20.7 Å². The van der Waals surface area contributed by atoms with E-state index in [-0.39, 0.29) is 18.1 Å². The second kappa shape index (κ2) is 16.0. The van der Waals surface area contributed by atoms with Crippen LogP contribution in [0.25, 0.3) is 6.08 Å². The van der Waals surface area contributed by atoms with E-state index in [1.807, 2.05) is 115 Å². The standard InChI is InChI=1S/C37H38ClN3O4/c1-44-37(43)41-35(34(28-11-4-2-5-12-28)29-13-6-3-7-14-29)36(42)40-33-15-9-8-10-27(33)19-23-32-25-39-24-31(45-32)22-18-26-16-20-30(38)21-17-26/h2-18,20-22,31-32,34-35,39H,19,23-25H2,1H3,(H,40,42)(H,41,43). The molecule has 8 heteroatoms. The lowest BCUT2D eigenvalue weighted by Gasteiger charge is -2.30. The fourth-order valence-corrected chi connectivity index (χ4v) is 5.70. The van der Waals surface area contributed by atoms with Gasteiger partial charge in [0.2, 0.25) is 5.91 Å². The number of methoxy groups -OCH3 is 1. The first-order chi connectivity index (χ1) is 22.0. The first-order valence-electron chi connectivity index (χ1n) is 15.1. The molecule has 0 spiro atoms. The predicted octanol–water partition coefficient (Wildman–Crippen LogP) is 6.84. The molecule has 4 aromatic rings. The van der Waals surface area contributed by atoms with Crippen molar-refractivity contribution in [2.24, 2.45) is 0 Å². The first-order valence-corrected chi connectivity index (χ1v) is 15.5. The monoisotopic (exact) mass is 623 g/mol. The zero-order valence-corrected chi connectivity index (χ0v) is 26.0. The molecule has 0 saturated carbocycles. The predicted molar refractivity (Wildman–Crippen MR) is 179 cm³/mol. The third-order valence-electron chi connectivity index (χ3n) is 7.86. The first kappa shape index (κ1) is 32.0. The number of anilines is 1.